The molecule has 1 aliphatic rings. The maximum Gasteiger partial charge on any atom is 0.196 e. The molecule has 1 fully saturated rings. The molecule has 0 radical (unpaired) electrons. The Morgan fingerprint density at radius 1 is 1.11 bits per heavy atom. The van der Waals surface area contributed by atoms with Crippen molar-refractivity contribution in [2.24, 2.45) is 0 Å². The van der Waals surface area contributed by atoms with Crippen molar-refractivity contribution in [1.82, 2.24) is 0 Å². The van der Waals surface area contributed by atoms with Gasteiger partial charge in [-0.15, -0.1) is 0 Å². The van der Waals surface area contributed by atoms with E-state index in [9.17, 15) is 9.90 Å². The van der Waals surface area contributed by atoms with E-state index in [4.69, 9.17) is 4.74 Å². The normalized spacial score (nSPS) is 14.1. The Hall–Kier alpha value is -2.29. The molecule has 1 aliphatic carbocycles. The number of carbonyl (C=O) groups excluding carboxylic acids is 1. The molecule has 0 spiro atoms. The average Bonchev–Trinajstić information content (AvgIpc) is 3.23. The van der Waals surface area contributed by atoms with Crippen LogP contribution in [0.1, 0.15) is 28.8 Å². The summed E-state index contributed by atoms with van der Waals surface area (Å²) < 4.78 is 5.58. The fourth-order valence-electron chi connectivity index (χ4n) is 1.90. The van der Waals surface area contributed by atoms with Gasteiger partial charge in [0.25, 0.3) is 0 Å². The summed E-state index contributed by atoms with van der Waals surface area (Å²) in [5, 5.41) is 9.96. The monoisotopic (exact) mass is 254 g/mol. The highest BCUT2D eigenvalue weighted by atomic mass is 16.5. The van der Waals surface area contributed by atoms with Crippen molar-refractivity contribution in [2.75, 3.05) is 0 Å². The number of ether oxygens (including phenoxy) is 1. The largest absolute Gasteiger partial charge is 0.507 e. The molecule has 0 saturated heterocycles. The molecule has 3 nitrogen and oxygen atoms in total. The Morgan fingerprint density at radius 3 is 2.47 bits per heavy atom. The first-order valence-electron chi connectivity index (χ1n) is 6.33. The zero-order valence-electron chi connectivity index (χ0n) is 10.4. The van der Waals surface area contributed by atoms with Crippen molar-refractivity contribution in [3.8, 4) is 11.5 Å². The van der Waals surface area contributed by atoms with Gasteiger partial charge in [0, 0.05) is 11.6 Å². The lowest BCUT2D eigenvalue weighted by Gasteiger charge is -2.08. The SMILES string of the molecule is O=C(c1ccccc1)c1ccc(OC2CC2)cc1O. The molecule has 3 heteroatoms. The lowest BCUT2D eigenvalue weighted by atomic mass is 10.0. The predicted molar refractivity (Wildman–Crippen MR) is 71.6 cm³/mol. The molecule has 3 rings (SSSR count). The van der Waals surface area contributed by atoms with Crippen molar-refractivity contribution in [2.45, 2.75) is 18.9 Å². The molecule has 1 N–H and O–H groups in total. The van der Waals surface area contributed by atoms with Gasteiger partial charge in [0.15, 0.2) is 5.78 Å². The van der Waals surface area contributed by atoms with E-state index >= 15 is 0 Å². The van der Waals surface area contributed by atoms with Gasteiger partial charge >= 0.3 is 0 Å². The van der Waals surface area contributed by atoms with Gasteiger partial charge in [-0.1, -0.05) is 30.3 Å². The maximum atomic E-state index is 12.2. The molecule has 0 heterocycles. The molecule has 2 aromatic carbocycles. The third-order valence-electron chi connectivity index (χ3n) is 3.08. The molecular weight excluding hydrogens is 240 g/mol. The summed E-state index contributed by atoms with van der Waals surface area (Å²) in [6.07, 6.45) is 2.40. The lowest BCUT2D eigenvalue weighted by molar-refractivity contribution is 0.103. The number of phenols is 1. The van der Waals surface area contributed by atoms with Crippen LogP contribution in [0.5, 0.6) is 11.5 Å². The van der Waals surface area contributed by atoms with Crippen LogP contribution in [0.3, 0.4) is 0 Å². The molecule has 19 heavy (non-hydrogen) atoms. The number of aromatic hydroxyl groups is 1. The maximum absolute atomic E-state index is 12.2. The first kappa shape index (κ1) is 11.8. The van der Waals surface area contributed by atoms with Crippen molar-refractivity contribution >= 4 is 5.78 Å². The van der Waals surface area contributed by atoms with Crippen LogP contribution >= 0.6 is 0 Å². The fourth-order valence-corrected chi connectivity index (χ4v) is 1.90. The second-order valence-corrected chi connectivity index (χ2v) is 4.69. The third-order valence-corrected chi connectivity index (χ3v) is 3.08. The van der Waals surface area contributed by atoms with E-state index in [0.717, 1.165) is 12.8 Å². The van der Waals surface area contributed by atoms with E-state index in [-0.39, 0.29) is 17.6 Å². The van der Waals surface area contributed by atoms with Crippen molar-refractivity contribution in [3.05, 3.63) is 59.7 Å². The zero-order valence-corrected chi connectivity index (χ0v) is 10.4. The van der Waals surface area contributed by atoms with Crippen LogP contribution in [-0.2, 0) is 0 Å². The summed E-state index contributed by atoms with van der Waals surface area (Å²) in [5.41, 5.74) is 0.864. The van der Waals surface area contributed by atoms with Crippen LogP contribution in [0.15, 0.2) is 48.5 Å². The van der Waals surface area contributed by atoms with E-state index in [1.165, 1.54) is 6.07 Å². The average molecular weight is 254 g/mol. The van der Waals surface area contributed by atoms with Crippen molar-refractivity contribution < 1.29 is 14.6 Å². The highest BCUT2D eigenvalue weighted by molar-refractivity contribution is 6.10. The summed E-state index contributed by atoms with van der Waals surface area (Å²) in [6, 6.07) is 13.8. The number of carbonyl (C=O) groups is 1. The molecular formula is C16H14O3. The van der Waals surface area contributed by atoms with Gasteiger partial charge in [0.2, 0.25) is 0 Å². The molecule has 0 amide bonds. The van der Waals surface area contributed by atoms with E-state index < -0.39 is 0 Å². The van der Waals surface area contributed by atoms with Gasteiger partial charge in [0.05, 0.1) is 11.7 Å². The molecule has 0 aliphatic heterocycles. The van der Waals surface area contributed by atoms with Gasteiger partial charge in [-0.3, -0.25) is 4.79 Å². The smallest absolute Gasteiger partial charge is 0.196 e. The minimum absolute atomic E-state index is 0.0352. The number of benzene rings is 2. The Morgan fingerprint density at radius 2 is 1.84 bits per heavy atom. The van der Waals surface area contributed by atoms with Crippen LogP contribution in [0.25, 0.3) is 0 Å². The summed E-state index contributed by atoms with van der Waals surface area (Å²) in [6.45, 7) is 0. The predicted octanol–water partition coefficient (Wildman–Crippen LogP) is 3.16. The minimum atomic E-state index is -0.184. The number of ketones is 1. The first-order chi connectivity index (χ1) is 9.24. The van der Waals surface area contributed by atoms with Gasteiger partial charge in [-0.25, -0.2) is 0 Å². The van der Waals surface area contributed by atoms with Gasteiger partial charge < -0.3 is 9.84 Å². The standard InChI is InChI=1S/C16H14O3/c17-15-10-13(19-12-6-7-12)8-9-14(15)16(18)11-4-2-1-3-5-11/h1-5,8-10,12,17H,6-7H2. The Bertz CT molecular complexity index is 601. The zero-order chi connectivity index (χ0) is 13.2. The summed E-state index contributed by atoms with van der Waals surface area (Å²) in [5.74, 6) is 0.396. The van der Waals surface area contributed by atoms with Crippen LogP contribution in [-0.4, -0.2) is 17.0 Å². The van der Waals surface area contributed by atoms with Crippen LogP contribution < -0.4 is 4.74 Å². The van der Waals surface area contributed by atoms with Crippen molar-refractivity contribution in [3.63, 3.8) is 0 Å². The molecule has 96 valence electrons. The minimum Gasteiger partial charge on any atom is -0.507 e. The number of phenolic OH excluding ortho intramolecular Hbond substituents is 1. The highest BCUT2D eigenvalue weighted by Crippen LogP contribution is 2.31. The fraction of sp³-hybridized carbons (Fsp3) is 0.188. The lowest BCUT2D eigenvalue weighted by Crippen LogP contribution is -2.02. The topological polar surface area (TPSA) is 46.5 Å². The van der Waals surface area contributed by atoms with Crippen LogP contribution in [0.4, 0.5) is 0 Å². The quantitative estimate of drug-likeness (QED) is 0.852. The van der Waals surface area contributed by atoms with Gasteiger partial charge in [-0.05, 0) is 25.0 Å². The van der Waals surface area contributed by atoms with Gasteiger partial charge in [0.1, 0.15) is 11.5 Å². The van der Waals surface area contributed by atoms with Crippen LogP contribution in [0.2, 0.25) is 0 Å². The molecule has 2 aromatic rings. The molecule has 1 saturated carbocycles. The van der Waals surface area contributed by atoms with E-state index in [2.05, 4.69) is 0 Å². The van der Waals surface area contributed by atoms with Gasteiger partial charge in [-0.2, -0.15) is 0 Å². The Kier molecular flexibility index (Phi) is 2.95. The van der Waals surface area contributed by atoms with E-state index in [1.807, 2.05) is 6.07 Å². The highest BCUT2D eigenvalue weighted by Gasteiger charge is 2.24. The van der Waals surface area contributed by atoms with Crippen molar-refractivity contribution in [1.29, 1.82) is 0 Å². The Balaban J connectivity index is 1.86. The number of rotatable bonds is 4. The molecule has 0 bridgehead atoms. The number of hydrogen-bond donors (Lipinski definition) is 1. The molecule has 0 aromatic heterocycles. The van der Waals surface area contributed by atoms with Crippen LogP contribution in [0, 0.1) is 0 Å². The summed E-state index contributed by atoms with van der Waals surface area (Å²) >= 11 is 0. The Labute approximate surface area is 111 Å². The summed E-state index contributed by atoms with van der Waals surface area (Å²) in [7, 11) is 0. The first-order valence-corrected chi connectivity index (χ1v) is 6.33. The number of hydrogen-bond acceptors (Lipinski definition) is 3. The molecule has 0 unspecified atom stereocenters. The summed E-state index contributed by atoms with van der Waals surface area (Å²) in [4.78, 5) is 12.2. The van der Waals surface area contributed by atoms with E-state index in [0.29, 0.717) is 16.9 Å². The third kappa shape index (κ3) is 2.60. The molecule has 0 atom stereocenters. The second-order valence-electron chi connectivity index (χ2n) is 4.69. The second kappa shape index (κ2) is 4.76. The van der Waals surface area contributed by atoms with E-state index in [1.54, 1.807) is 36.4 Å².